The molecule has 1 aliphatic rings. The van der Waals surface area contributed by atoms with E-state index in [9.17, 15) is 4.79 Å². The molecule has 0 bridgehead atoms. The van der Waals surface area contributed by atoms with Crippen molar-refractivity contribution in [3.05, 3.63) is 53.9 Å². The van der Waals surface area contributed by atoms with Gasteiger partial charge in [0.25, 0.3) is 0 Å². The molecule has 0 fully saturated rings. The fourth-order valence-corrected chi connectivity index (χ4v) is 3.27. The second kappa shape index (κ2) is 7.19. The summed E-state index contributed by atoms with van der Waals surface area (Å²) in [6.45, 7) is 5.33. The van der Waals surface area contributed by atoms with Gasteiger partial charge in [-0.05, 0) is 43.7 Å². The first-order valence-electron chi connectivity index (χ1n) is 8.97. The van der Waals surface area contributed by atoms with Gasteiger partial charge in [0.05, 0.1) is 17.1 Å². The summed E-state index contributed by atoms with van der Waals surface area (Å²) in [7, 11) is 0. The number of nitrogens with zero attached hydrogens (tertiary/aromatic N) is 2. The van der Waals surface area contributed by atoms with E-state index in [1.165, 1.54) is 0 Å². The number of para-hydroxylation sites is 2. The lowest BCUT2D eigenvalue weighted by Crippen LogP contribution is -2.38. The van der Waals surface area contributed by atoms with Gasteiger partial charge in [-0.1, -0.05) is 18.2 Å². The van der Waals surface area contributed by atoms with Crippen LogP contribution in [0.25, 0.3) is 11.0 Å². The number of fused-ring (bicyclic) bond motifs is 2. The van der Waals surface area contributed by atoms with E-state index in [1.807, 2.05) is 56.3 Å². The third-order valence-corrected chi connectivity index (χ3v) is 4.71. The third kappa shape index (κ3) is 3.53. The lowest BCUT2D eigenvalue weighted by Gasteiger charge is -2.16. The average Bonchev–Trinajstić information content (AvgIpc) is 3.25. The lowest BCUT2D eigenvalue weighted by atomic mass is 10.1. The number of aryl methyl sites for hydroxylation is 1. The number of aromatic nitrogens is 2. The van der Waals surface area contributed by atoms with Gasteiger partial charge in [-0.2, -0.15) is 0 Å². The molecule has 7 nitrogen and oxygen atoms in total. The monoisotopic (exact) mass is 366 g/mol. The van der Waals surface area contributed by atoms with E-state index >= 15 is 0 Å². The number of urea groups is 1. The Labute approximate surface area is 157 Å². The molecule has 3 aromatic rings. The number of carbonyl (C=O) groups is 1. The van der Waals surface area contributed by atoms with Crippen molar-refractivity contribution < 1.29 is 14.3 Å². The molecule has 27 heavy (non-hydrogen) atoms. The molecule has 4 rings (SSSR count). The number of ether oxygens (including phenoxy) is 2. The number of rotatable bonds is 5. The van der Waals surface area contributed by atoms with Crippen LogP contribution >= 0.6 is 0 Å². The van der Waals surface area contributed by atoms with Crippen LogP contribution < -0.4 is 20.1 Å². The van der Waals surface area contributed by atoms with Gasteiger partial charge < -0.3 is 24.7 Å². The zero-order valence-electron chi connectivity index (χ0n) is 15.4. The second-order valence-electron chi connectivity index (χ2n) is 6.53. The van der Waals surface area contributed by atoms with Crippen molar-refractivity contribution in [1.82, 2.24) is 20.2 Å². The lowest BCUT2D eigenvalue weighted by molar-refractivity contribution is 0.174. The fraction of sp³-hybridized carbons (Fsp3) is 0.300. The Morgan fingerprint density at radius 1 is 1.22 bits per heavy atom. The topological polar surface area (TPSA) is 77.4 Å². The molecule has 2 aromatic carbocycles. The van der Waals surface area contributed by atoms with Crippen LogP contribution in [0, 0.1) is 6.92 Å². The van der Waals surface area contributed by atoms with Crippen molar-refractivity contribution in [2.24, 2.45) is 0 Å². The summed E-state index contributed by atoms with van der Waals surface area (Å²) in [5.41, 5.74) is 3.01. The van der Waals surface area contributed by atoms with Gasteiger partial charge in [-0.15, -0.1) is 0 Å². The van der Waals surface area contributed by atoms with Crippen molar-refractivity contribution in [3.8, 4) is 11.5 Å². The van der Waals surface area contributed by atoms with Crippen molar-refractivity contribution in [2.45, 2.75) is 26.4 Å². The van der Waals surface area contributed by atoms with E-state index in [0.29, 0.717) is 18.8 Å². The van der Waals surface area contributed by atoms with E-state index < -0.39 is 0 Å². The molecule has 7 heteroatoms. The standard InChI is InChI=1S/C20H22N4O3/c1-13(15-7-8-18-19(11-15)27-12-26-18)22-20(25)21-9-10-24-14(2)23-16-5-3-4-6-17(16)24/h3-8,11,13H,9-10,12H2,1-2H3,(H2,21,22,25). The number of imidazole rings is 1. The van der Waals surface area contributed by atoms with Crippen LogP contribution in [0.3, 0.4) is 0 Å². The van der Waals surface area contributed by atoms with Gasteiger partial charge >= 0.3 is 6.03 Å². The molecule has 2 amide bonds. The van der Waals surface area contributed by atoms with E-state index in [1.54, 1.807) is 0 Å². The van der Waals surface area contributed by atoms with Crippen LogP contribution in [-0.2, 0) is 6.54 Å². The maximum atomic E-state index is 12.2. The molecular formula is C20H22N4O3. The second-order valence-corrected chi connectivity index (χ2v) is 6.53. The largest absolute Gasteiger partial charge is 0.454 e. The molecule has 1 aromatic heterocycles. The highest BCUT2D eigenvalue weighted by Crippen LogP contribution is 2.34. The maximum absolute atomic E-state index is 12.2. The van der Waals surface area contributed by atoms with Crippen LogP contribution in [0.1, 0.15) is 24.4 Å². The van der Waals surface area contributed by atoms with Gasteiger partial charge in [0, 0.05) is 13.1 Å². The molecule has 1 aliphatic heterocycles. The number of hydrogen-bond acceptors (Lipinski definition) is 4. The molecule has 0 spiro atoms. The van der Waals surface area contributed by atoms with Gasteiger partial charge in [0.1, 0.15) is 5.82 Å². The molecule has 0 saturated heterocycles. The zero-order chi connectivity index (χ0) is 18.8. The van der Waals surface area contributed by atoms with Gasteiger partial charge in [0.15, 0.2) is 11.5 Å². The van der Waals surface area contributed by atoms with Crippen LogP contribution in [0.4, 0.5) is 4.79 Å². The highest BCUT2D eigenvalue weighted by atomic mass is 16.7. The molecule has 0 saturated carbocycles. The molecule has 0 aliphatic carbocycles. The Morgan fingerprint density at radius 2 is 2.04 bits per heavy atom. The fourth-order valence-electron chi connectivity index (χ4n) is 3.27. The molecule has 1 atom stereocenters. The highest BCUT2D eigenvalue weighted by Gasteiger charge is 2.16. The Morgan fingerprint density at radius 3 is 2.93 bits per heavy atom. The highest BCUT2D eigenvalue weighted by molar-refractivity contribution is 5.76. The summed E-state index contributed by atoms with van der Waals surface area (Å²) in [4.78, 5) is 16.8. The Balaban J connectivity index is 1.32. The van der Waals surface area contributed by atoms with Crippen LogP contribution in [0.5, 0.6) is 11.5 Å². The van der Waals surface area contributed by atoms with Crippen molar-refractivity contribution in [3.63, 3.8) is 0 Å². The number of benzene rings is 2. The summed E-state index contributed by atoms with van der Waals surface area (Å²) >= 11 is 0. The summed E-state index contributed by atoms with van der Waals surface area (Å²) in [6, 6.07) is 13.3. The van der Waals surface area contributed by atoms with Crippen LogP contribution in [-0.4, -0.2) is 28.9 Å². The van der Waals surface area contributed by atoms with Crippen molar-refractivity contribution in [1.29, 1.82) is 0 Å². The SMILES string of the molecule is Cc1nc2ccccc2n1CCNC(=O)NC(C)c1ccc2c(c1)OCO2. The smallest absolute Gasteiger partial charge is 0.315 e. The van der Waals surface area contributed by atoms with Crippen molar-refractivity contribution in [2.75, 3.05) is 13.3 Å². The van der Waals surface area contributed by atoms with E-state index in [4.69, 9.17) is 9.47 Å². The Hall–Kier alpha value is -3.22. The Kier molecular flexibility index (Phi) is 4.58. The van der Waals surface area contributed by atoms with Gasteiger partial charge in [-0.3, -0.25) is 0 Å². The minimum atomic E-state index is -0.206. The number of carbonyl (C=O) groups excluding carboxylic acids is 1. The Bertz CT molecular complexity index is 983. The molecular weight excluding hydrogens is 344 g/mol. The number of nitrogens with one attached hydrogen (secondary N) is 2. The summed E-state index contributed by atoms with van der Waals surface area (Å²) in [6.07, 6.45) is 0. The summed E-state index contributed by atoms with van der Waals surface area (Å²) in [5, 5.41) is 5.86. The van der Waals surface area contributed by atoms with Crippen molar-refractivity contribution >= 4 is 17.1 Å². The van der Waals surface area contributed by atoms with Gasteiger partial charge in [-0.25, -0.2) is 9.78 Å². The molecule has 1 unspecified atom stereocenters. The predicted molar refractivity (Wildman–Crippen MR) is 102 cm³/mol. The number of amides is 2. The summed E-state index contributed by atoms with van der Waals surface area (Å²) < 4.78 is 12.8. The van der Waals surface area contributed by atoms with Crippen LogP contribution in [0.15, 0.2) is 42.5 Å². The minimum Gasteiger partial charge on any atom is -0.454 e. The first-order chi connectivity index (χ1) is 13.1. The third-order valence-electron chi connectivity index (χ3n) is 4.71. The van der Waals surface area contributed by atoms with E-state index in [-0.39, 0.29) is 18.9 Å². The summed E-state index contributed by atoms with van der Waals surface area (Å²) in [5.74, 6) is 2.38. The zero-order valence-corrected chi connectivity index (χ0v) is 15.4. The minimum absolute atomic E-state index is 0.143. The molecule has 2 N–H and O–H groups in total. The number of hydrogen-bond donors (Lipinski definition) is 2. The van der Waals surface area contributed by atoms with Gasteiger partial charge in [0.2, 0.25) is 6.79 Å². The molecule has 140 valence electrons. The predicted octanol–water partition coefficient (Wildman–Crippen LogP) is 3.13. The van der Waals surface area contributed by atoms with E-state index in [0.717, 1.165) is 28.2 Å². The normalized spacial score (nSPS) is 13.6. The molecule has 2 heterocycles. The first-order valence-corrected chi connectivity index (χ1v) is 8.97. The first kappa shape index (κ1) is 17.2. The molecule has 0 radical (unpaired) electrons. The van der Waals surface area contributed by atoms with E-state index in [2.05, 4.69) is 20.2 Å². The average molecular weight is 366 g/mol. The maximum Gasteiger partial charge on any atom is 0.315 e. The quantitative estimate of drug-likeness (QED) is 0.727. The van der Waals surface area contributed by atoms with Crippen LogP contribution in [0.2, 0.25) is 0 Å².